The van der Waals surface area contributed by atoms with Crippen LogP contribution < -0.4 is 0 Å². The molecule has 0 rings (SSSR count). The second-order valence-electron chi connectivity index (χ2n) is 14.0. The van der Waals surface area contributed by atoms with Crippen LogP contribution in [0.15, 0.2) is 48.6 Å². The van der Waals surface area contributed by atoms with Crippen molar-refractivity contribution >= 4 is 19.8 Å². The smallest absolute Gasteiger partial charge is 0.462 e. The molecule has 0 aliphatic heterocycles. The highest BCUT2D eigenvalue weighted by Crippen LogP contribution is 2.43. The molecule has 314 valence electrons. The van der Waals surface area contributed by atoms with Crippen molar-refractivity contribution in [2.45, 2.75) is 187 Å². The maximum atomic E-state index is 12.6. The summed E-state index contributed by atoms with van der Waals surface area (Å²) in [5.41, 5.74) is 0. The van der Waals surface area contributed by atoms with Gasteiger partial charge in [-0.15, -0.1) is 0 Å². The minimum atomic E-state index is -4.62. The quantitative estimate of drug-likeness (QED) is 0.0238. The number of carbonyl (C=O) groups is 2. The second kappa shape index (κ2) is 39.2. The number of phosphoric ester groups is 1. The summed E-state index contributed by atoms with van der Waals surface area (Å²) in [4.78, 5) is 34.9. The number of aliphatic hydroxyl groups excluding tert-OH is 2. The van der Waals surface area contributed by atoms with Crippen molar-refractivity contribution in [1.29, 1.82) is 0 Å². The van der Waals surface area contributed by atoms with E-state index in [4.69, 9.17) is 19.1 Å². The summed E-state index contributed by atoms with van der Waals surface area (Å²) in [7, 11) is -4.62. The van der Waals surface area contributed by atoms with Crippen LogP contribution in [0.5, 0.6) is 0 Å². The minimum absolute atomic E-state index is 0.165. The van der Waals surface area contributed by atoms with Gasteiger partial charge in [-0.2, -0.15) is 0 Å². The molecule has 0 bridgehead atoms. The molecular formula is C43H77O10P. The van der Waals surface area contributed by atoms with Crippen molar-refractivity contribution in [3.8, 4) is 0 Å². The number of aliphatic hydroxyl groups is 2. The van der Waals surface area contributed by atoms with Crippen LogP contribution in [0.4, 0.5) is 0 Å². The normalized spacial score (nSPS) is 14.4. The Balaban J connectivity index is 4.34. The molecule has 0 saturated heterocycles. The van der Waals surface area contributed by atoms with E-state index in [2.05, 4.69) is 67.0 Å². The average Bonchev–Trinajstić information content (AvgIpc) is 3.16. The van der Waals surface area contributed by atoms with Gasteiger partial charge in [-0.3, -0.25) is 18.6 Å². The lowest BCUT2D eigenvalue weighted by Gasteiger charge is -2.20. The van der Waals surface area contributed by atoms with Gasteiger partial charge in [-0.05, 0) is 70.6 Å². The number of allylic oxidation sites excluding steroid dienone is 8. The van der Waals surface area contributed by atoms with Crippen LogP contribution in [-0.4, -0.2) is 65.7 Å². The Morgan fingerprint density at radius 2 is 0.981 bits per heavy atom. The summed E-state index contributed by atoms with van der Waals surface area (Å²) in [6.45, 7) is 2.28. The molecule has 54 heavy (non-hydrogen) atoms. The average molecular weight is 785 g/mol. The number of hydrogen-bond donors (Lipinski definition) is 3. The van der Waals surface area contributed by atoms with Crippen molar-refractivity contribution in [2.24, 2.45) is 0 Å². The fraction of sp³-hybridized carbons (Fsp3) is 0.767. The van der Waals surface area contributed by atoms with E-state index in [-0.39, 0.29) is 19.4 Å². The topological polar surface area (TPSA) is 149 Å². The number of esters is 2. The van der Waals surface area contributed by atoms with Gasteiger partial charge in [-0.1, -0.05) is 140 Å². The Kier molecular flexibility index (Phi) is 37.7. The van der Waals surface area contributed by atoms with Gasteiger partial charge in [0.15, 0.2) is 6.10 Å². The molecule has 3 atom stereocenters. The molecule has 1 unspecified atom stereocenters. The zero-order valence-electron chi connectivity index (χ0n) is 33.9. The van der Waals surface area contributed by atoms with Crippen LogP contribution in [0.1, 0.15) is 174 Å². The third kappa shape index (κ3) is 38.2. The van der Waals surface area contributed by atoms with Gasteiger partial charge >= 0.3 is 19.8 Å². The largest absolute Gasteiger partial charge is 0.472 e. The summed E-state index contributed by atoms with van der Waals surface area (Å²) in [5, 5.41) is 18.3. The number of phosphoric acid groups is 1. The molecule has 0 saturated carbocycles. The fourth-order valence-corrected chi connectivity index (χ4v) is 6.18. The van der Waals surface area contributed by atoms with Crippen LogP contribution in [0, 0.1) is 0 Å². The number of ether oxygens (including phenoxy) is 2. The molecule has 0 radical (unpaired) electrons. The van der Waals surface area contributed by atoms with Crippen LogP contribution in [0.2, 0.25) is 0 Å². The highest BCUT2D eigenvalue weighted by molar-refractivity contribution is 7.47. The third-order valence-corrected chi connectivity index (χ3v) is 9.66. The van der Waals surface area contributed by atoms with Crippen LogP contribution >= 0.6 is 7.82 Å². The predicted octanol–water partition coefficient (Wildman–Crippen LogP) is 10.9. The Bertz CT molecular complexity index is 1040. The number of rotatable bonds is 39. The van der Waals surface area contributed by atoms with Crippen molar-refractivity contribution in [1.82, 2.24) is 0 Å². The van der Waals surface area contributed by atoms with Gasteiger partial charge < -0.3 is 24.6 Å². The molecule has 0 amide bonds. The Morgan fingerprint density at radius 3 is 1.48 bits per heavy atom. The Labute approximate surface area is 328 Å². The lowest BCUT2D eigenvalue weighted by Crippen LogP contribution is -2.29. The number of hydrogen-bond acceptors (Lipinski definition) is 9. The number of unbranched alkanes of at least 4 members (excludes halogenated alkanes) is 17. The molecular weight excluding hydrogens is 707 g/mol. The molecule has 0 aliphatic rings. The summed E-state index contributed by atoms with van der Waals surface area (Å²) in [6.07, 6.45) is 40.7. The minimum Gasteiger partial charge on any atom is -0.462 e. The van der Waals surface area contributed by atoms with Gasteiger partial charge in [-0.25, -0.2) is 4.57 Å². The van der Waals surface area contributed by atoms with E-state index >= 15 is 0 Å². The van der Waals surface area contributed by atoms with Crippen LogP contribution in [0.3, 0.4) is 0 Å². The van der Waals surface area contributed by atoms with E-state index in [1.54, 1.807) is 0 Å². The molecule has 0 aliphatic carbocycles. The monoisotopic (exact) mass is 785 g/mol. The van der Waals surface area contributed by atoms with E-state index in [0.717, 1.165) is 77.0 Å². The summed E-state index contributed by atoms with van der Waals surface area (Å²) >= 11 is 0. The fourth-order valence-electron chi connectivity index (χ4n) is 5.39. The van der Waals surface area contributed by atoms with Crippen molar-refractivity contribution in [3.63, 3.8) is 0 Å². The molecule has 0 spiro atoms. The van der Waals surface area contributed by atoms with E-state index in [9.17, 15) is 24.2 Å². The molecule has 0 aromatic rings. The van der Waals surface area contributed by atoms with Crippen LogP contribution in [0.25, 0.3) is 0 Å². The molecule has 0 aromatic carbocycles. The molecule has 3 N–H and O–H groups in total. The summed E-state index contributed by atoms with van der Waals surface area (Å²) < 4.78 is 32.7. The Hall–Kier alpha value is -2.07. The molecule has 11 heteroatoms. The lowest BCUT2D eigenvalue weighted by atomic mass is 10.1. The van der Waals surface area contributed by atoms with E-state index in [1.165, 1.54) is 57.8 Å². The van der Waals surface area contributed by atoms with Crippen molar-refractivity contribution in [3.05, 3.63) is 48.6 Å². The highest BCUT2D eigenvalue weighted by Gasteiger charge is 2.27. The first-order chi connectivity index (χ1) is 26.2. The summed E-state index contributed by atoms with van der Waals surface area (Å²) in [5.74, 6) is -0.952. The predicted molar refractivity (Wildman–Crippen MR) is 219 cm³/mol. The van der Waals surface area contributed by atoms with E-state index in [1.807, 2.05) is 0 Å². The maximum Gasteiger partial charge on any atom is 0.472 e. The first-order valence-electron chi connectivity index (χ1n) is 21.1. The number of carbonyl (C=O) groups excluding carboxylic acids is 2. The molecule has 0 aromatic heterocycles. The van der Waals surface area contributed by atoms with Crippen LogP contribution in [-0.2, 0) is 32.7 Å². The first kappa shape index (κ1) is 51.9. The SMILES string of the molecule is CCCC/C=C/C/C=C/CCCCCCCC(=O)O[C@H](COC(=O)CCCCCCCCC/C=C/C/C=C/CCCCC)COP(=O)(O)OC[C@@H](O)CO. The van der Waals surface area contributed by atoms with Gasteiger partial charge in [0.05, 0.1) is 19.8 Å². The standard InChI is InChI=1S/C43H77O10P/c1-3-5-7-9-11-13-15-17-19-20-21-23-24-26-28-30-32-34-42(46)50-38-41(39-52-54(48,49)51-37-40(45)36-44)53-43(47)35-33-31-29-27-25-22-18-16-14-12-10-8-6-4-2/h10-13,16-19,40-41,44-45H,3-9,14-15,20-39H2,1-2H3,(H,48,49)/b12-10+,13-11+,18-16+,19-17+/t40-,41+/m0/s1. The van der Waals surface area contributed by atoms with Crippen molar-refractivity contribution in [2.75, 3.05) is 26.4 Å². The molecule has 10 nitrogen and oxygen atoms in total. The van der Waals surface area contributed by atoms with Gasteiger partial charge in [0, 0.05) is 12.8 Å². The molecule has 0 fully saturated rings. The molecule has 0 heterocycles. The van der Waals surface area contributed by atoms with Crippen molar-refractivity contribution < 1.29 is 47.8 Å². The van der Waals surface area contributed by atoms with Gasteiger partial charge in [0.25, 0.3) is 0 Å². The maximum absolute atomic E-state index is 12.6. The van der Waals surface area contributed by atoms with E-state index in [0.29, 0.717) is 12.8 Å². The zero-order valence-corrected chi connectivity index (χ0v) is 34.8. The van der Waals surface area contributed by atoms with Gasteiger partial charge in [0.2, 0.25) is 0 Å². The summed E-state index contributed by atoms with van der Waals surface area (Å²) in [6, 6.07) is 0. The van der Waals surface area contributed by atoms with E-state index < -0.39 is 51.8 Å². The highest BCUT2D eigenvalue weighted by atomic mass is 31.2. The first-order valence-corrected chi connectivity index (χ1v) is 22.6. The Morgan fingerprint density at radius 1 is 0.556 bits per heavy atom. The van der Waals surface area contributed by atoms with Gasteiger partial charge in [0.1, 0.15) is 12.7 Å². The second-order valence-corrected chi connectivity index (χ2v) is 15.5. The lowest BCUT2D eigenvalue weighted by molar-refractivity contribution is -0.161. The zero-order chi connectivity index (χ0) is 39.8. The third-order valence-electron chi connectivity index (χ3n) is 8.71.